The Morgan fingerprint density at radius 1 is 1.47 bits per heavy atom. The van der Waals surface area contributed by atoms with Gasteiger partial charge in [0.05, 0.1) is 17.8 Å². The third kappa shape index (κ3) is 2.42. The number of nitrogens with zero attached hydrogens (tertiary/aromatic N) is 4. The molecule has 0 aliphatic heterocycles. The van der Waals surface area contributed by atoms with Crippen LogP contribution in [0.25, 0.3) is 0 Å². The number of nitrogens with one attached hydrogen (secondary N) is 1. The minimum Gasteiger partial charge on any atom is -0.363 e. The Morgan fingerprint density at radius 3 is 2.94 bits per heavy atom. The van der Waals surface area contributed by atoms with Crippen LogP contribution >= 0.6 is 0 Å². The number of hydrogen-bond donors (Lipinski definition) is 1. The zero-order chi connectivity index (χ0) is 12.3. The number of anilines is 1. The Bertz CT molecular complexity index is 565. The van der Waals surface area contributed by atoms with E-state index in [9.17, 15) is 0 Å². The topological polar surface area (TPSA) is 66.5 Å². The highest BCUT2D eigenvalue weighted by molar-refractivity contribution is 5.55. The van der Waals surface area contributed by atoms with Crippen LogP contribution in [0.5, 0.6) is 0 Å². The number of pyridine rings is 1. The number of rotatable bonds is 3. The Morgan fingerprint density at radius 2 is 2.29 bits per heavy atom. The van der Waals surface area contributed by atoms with Gasteiger partial charge in [-0.05, 0) is 24.6 Å². The summed E-state index contributed by atoms with van der Waals surface area (Å²) in [5, 5.41) is 16.4. The Labute approximate surface area is 99.7 Å². The van der Waals surface area contributed by atoms with Gasteiger partial charge in [0.1, 0.15) is 11.9 Å². The molecular weight excluding hydrogens is 214 g/mol. The quantitative estimate of drug-likeness (QED) is 0.865. The summed E-state index contributed by atoms with van der Waals surface area (Å²) in [4.78, 5) is 4.16. The first-order chi connectivity index (χ1) is 8.20. The van der Waals surface area contributed by atoms with E-state index in [1.807, 2.05) is 32.3 Å². The van der Waals surface area contributed by atoms with Crippen molar-refractivity contribution in [3.05, 3.63) is 41.3 Å². The summed E-state index contributed by atoms with van der Waals surface area (Å²) in [6.07, 6.45) is 3.57. The van der Waals surface area contributed by atoms with Crippen LogP contribution in [0.1, 0.15) is 16.8 Å². The van der Waals surface area contributed by atoms with Gasteiger partial charge in [-0.3, -0.25) is 4.68 Å². The molecule has 2 heterocycles. The van der Waals surface area contributed by atoms with Crippen LogP contribution in [-0.2, 0) is 13.6 Å². The first-order valence-corrected chi connectivity index (χ1v) is 5.29. The van der Waals surface area contributed by atoms with E-state index in [-0.39, 0.29) is 0 Å². The summed E-state index contributed by atoms with van der Waals surface area (Å²) in [7, 11) is 1.87. The van der Waals surface area contributed by atoms with Crippen LogP contribution in [-0.4, -0.2) is 14.8 Å². The number of aromatic nitrogens is 3. The van der Waals surface area contributed by atoms with Crippen molar-refractivity contribution in [1.82, 2.24) is 14.8 Å². The Balaban J connectivity index is 2.14. The van der Waals surface area contributed by atoms with Gasteiger partial charge in [-0.15, -0.1) is 0 Å². The van der Waals surface area contributed by atoms with E-state index in [1.165, 1.54) is 0 Å². The van der Waals surface area contributed by atoms with E-state index in [2.05, 4.69) is 21.5 Å². The highest BCUT2D eigenvalue weighted by atomic mass is 15.3. The molecular formula is C12H13N5. The van der Waals surface area contributed by atoms with Crippen molar-refractivity contribution in [2.45, 2.75) is 13.5 Å². The normalized spacial score (nSPS) is 9.94. The van der Waals surface area contributed by atoms with Crippen molar-refractivity contribution in [3.8, 4) is 6.07 Å². The van der Waals surface area contributed by atoms with Crippen LogP contribution in [0, 0.1) is 18.3 Å². The molecule has 0 saturated carbocycles. The molecule has 86 valence electrons. The second kappa shape index (κ2) is 4.66. The van der Waals surface area contributed by atoms with Crippen molar-refractivity contribution in [3.63, 3.8) is 0 Å². The lowest BCUT2D eigenvalue weighted by atomic mass is 10.1. The maximum absolute atomic E-state index is 9.05. The maximum atomic E-state index is 9.05. The Kier molecular flexibility index (Phi) is 3.06. The van der Waals surface area contributed by atoms with Crippen LogP contribution in [0.2, 0.25) is 0 Å². The third-order valence-electron chi connectivity index (χ3n) is 2.48. The van der Waals surface area contributed by atoms with Gasteiger partial charge in [0.2, 0.25) is 0 Å². The van der Waals surface area contributed by atoms with Crippen molar-refractivity contribution in [2.24, 2.45) is 7.05 Å². The van der Waals surface area contributed by atoms with Crippen molar-refractivity contribution in [2.75, 3.05) is 5.32 Å². The smallest absolute Gasteiger partial charge is 0.144 e. The minimum absolute atomic E-state index is 0.561. The molecule has 1 N–H and O–H groups in total. The Hall–Kier alpha value is -2.35. The molecule has 0 atom stereocenters. The van der Waals surface area contributed by atoms with Crippen LogP contribution in [0.3, 0.4) is 0 Å². The molecule has 2 rings (SSSR count). The molecule has 0 saturated heterocycles. The SMILES string of the molecule is Cc1ccnc(NCc2ccn(C)n2)c1C#N. The molecule has 17 heavy (non-hydrogen) atoms. The van der Waals surface area contributed by atoms with E-state index in [0.29, 0.717) is 17.9 Å². The van der Waals surface area contributed by atoms with Gasteiger partial charge in [0.15, 0.2) is 0 Å². The van der Waals surface area contributed by atoms with Crippen LogP contribution in [0.15, 0.2) is 24.5 Å². The van der Waals surface area contributed by atoms with E-state index < -0.39 is 0 Å². The molecule has 0 unspecified atom stereocenters. The summed E-state index contributed by atoms with van der Waals surface area (Å²) in [5.41, 5.74) is 2.43. The van der Waals surface area contributed by atoms with Gasteiger partial charge < -0.3 is 5.32 Å². The van der Waals surface area contributed by atoms with Gasteiger partial charge in [0.25, 0.3) is 0 Å². The highest BCUT2D eigenvalue weighted by Crippen LogP contribution is 2.15. The van der Waals surface area contributed by atoms with Gasteiger partial charge in [-0.2, -0.15) is 10.4 Å². The lowest BCUT2D eigenvalue weighted by molar-refractivity contribution is 0.747. The van der Waals surface area contributed by atoms with Gasteiger partial charge >= 0.3 is 0 Å². The number of aryl methyl sites for hydroxylation is 2. The molecule has 0 amide bonds. The molecule has 2 aromatic heterocycles. The molecule has 5 heteroatoms. The predicted molar refractivity (Wildman–Crippen MR) is 64.2 cm³/mol. The first kappa shape index (κ1) is 11.1. The standard InChI is InChI=1S/C12H13N5/c1-9-3-5-14-12(11(9)7-13)15-8-10-4-6-17(2)16-10/h3-6H,8H2,1-2H3,(H,14,15). The fraction of sp³-hybridized carbons (Fsp3) is 0.250. The third-order valence-corrected chi connectivity index (χ3v) is 2.48. The summed E-state index contributed by atoms with van der Waals surface area (Å²) in [6, 6.07) is 5.90. The fourth-order valence-corrected chi connectivity index (χ4v) is 1.57. The van der Waals surface area contributed by atoms with Gasteiger partial charge in [-0.25, -0.2) is 4.98 Å². The first-order valence-electron chi connectivity index (χ1n) is 5.29. The summed E-state index contributed by atoms with van der Waals surface area (Å²) in [5.74, 6) is 0.609. The van der Waals surface area contributed by atoms with Crippen molar-refractivity contribution < 1.29 is 0 Å². The summed E-state index contributed by atoms with van der Waals surface area (Å²) < 4.78 is 1.74. The number of nitriles is 1. The van der Waals surface area contributed by atoms with E-state index in [0.717, 1.165) is 11.3 Å². The van der Waals surface area contributed by atoms with E-state index >= 15 is 0 Å². The highest BCUT2D eigenvalue weighted by Gasteiger charge is 2.06. The molecule has 0 spiro atoms. The molecule has 2 aromatic rings. The molecule has 0 aliphatic rings. The second-order valence-corrected chi connectivity index (χ2v) is 3.80. The van der Waals surface area contributed by atoms with Crippen molar-refractivity contribution >= 4 is 5.82 Å². The van der Waals surface area contributed by atoms with Gasteiger partial charge in [0, 0.05) is 19.4 Å². The van der Waals surface area contributed by atoms with Crippen LogP contribution in [0.4, 0.5) is 5.82 Å². The van der Waals surface area contributed by atoms with Crippen LogP contribution < -0.4 is 5.32 Å². The number of hydrogen-bond acceptors (Lipinski definition) is 4. The molecule has 0 fully saturated rings. The fourth-order valence-electron chi connectivity index (χ4n) is 1.57. The zero-order valence-electron chi connectivity index (χ0n) is 9.81. The maximum Gasteiger partial charge on any atom is 0.144 e. The average Bonchev–Trinajstić information content (AvgIpc) is 2.72. The average molecular weight is 227 g/mol. The molecule has 0 radical (unpaired) electrons. The molecule has 0 bridgehead atoms. The zero-order valence-corrected chi connectivity index (χ0v) is 9.81. The predicted octanol–water partition coefficient (Wildman–Crippen LogP) is 1.61. The molecule has 0 aromatic carbocycles. The van der Waals surface area contributed by atoms with Crippen molar-refractivity contribution in [1.29, 1.82) is 5.26 Å². The summed E-state index contributed by atoms with van der Waals surface area (Å²) in [6.45, 7) is 2.46. The second-order valence-electron chi connectivity index (χ2n) is 3.80. The van der Waals surface area contributed by atoms with Gasteiger partial charge in [-0.1, -0.05) is 0 Å². The largest absolute Gasteiger partial charge is 0.363 e. The minimum atomic E-state index is 0.561. The molecule has 0 aliphatic carbocycles. The van der Waals surface area contributed by atoms with E-state index in [1.54, 1.807) is 10.9 Å². The monoisotopic (exact) mass is 227 g/mol. The molecule has 5 nitrogen and oxygen atoms in total. The summed E-state index contributed by atoms with van der Waals surface area (Å²) >= 11 is 0. The lowest BCUT2D eigenvalue weighted by Gasteiger charge is -2.06. The lowest BCUT2D eigenvalue weighted by Crippen LogP contribution is -2.05. The van der Waals surface area contributed by atoms with E-state index in [4.69, 9.17) is 5.26 Å².